The maximum Gasteiger partial charge on any atom is 0.257 e. The van der Waals surface area contributed by atoms with E-state index in [1.165, 1.54) is 4.68 Å². The molecule has 0 aliphatic carbocycles. The van der Waals surface area contributed by atoms with Gasteiger partial charge in [0.25, 0.3) is 6.43 Å². The van der Waals surface area contributed by atoms with Crippen LogP contribution in [0.5, 0.6) is 0 Å². The maximum atomic E-state index is 13.5. The molecule has 1 saturated heterocycles. The molecule has 9 nitrogen and oxygen atoms in total. The van der Waals surface area contributed by atoms with Crippen LogP contribution in [0.25, 0.3) is 33.8 Å². The number of aromatic amines is 1. The highest BCUT2D eigenvalue weighted by atomic mass is 19.3. The molecule has 2 N–H and O–H groups in total. The molecule has 0 radical (unpaired) electrons. The van der Waals surface area contributed by atoms with Gasteiger partial charge < -0.3 is 10.0 Å². The lowest BCUT2D eigenvalue weighted by Crippen LogP contribution is -2.43. The lowest BCUT2D eigenvalue weighted by atomic mass is 9.99. The summed E-state index contributed by atoms with van der Waals surface area (Å²) in [6.07, 6.45) is 1.54. The molecule has 0 spiro atoms. The van der Waals surface area contributed by atoms with Gasteiger partial charge >= 0.3 is 0 Å². The van der Waals surface area contributed by atoms with Gasteiger partial charge in [0.05, 0.1) is 28.9 Å². The Balaban J connectivity index is 1.80. The van der Waals surface area contributed by atoms with Gasteiger partial charge in [0, 0.05) is 32.0 Å². The average molecular weight is 442 g/mol. The van der Waals surface area contributed by atoms with Crippen LogP contribution >= 0.6 is 0 Å². The monoisotopic (exact) mass is 442 g/mol. The van der Waals surface area contributed by atoms with Gasteiger partial charge in [-0.2, -0.15) is 15.3 Å². The zero-order chi connectivity index (χ0) is 22.4. The number of nitrogens with one attached hydrogen (secondary N) is 1. The maximum absolute atomic E-state index is 13.5. The minimum Gasteiger partial charge on any atom is -0.393 e. The van der Waals surface area contributed by atoms with Crippen LogP contribution in [0.2, 0.25) is 0 Å². The van der Waals surface area contributed by atoms with Gasteiger partial charge in [-0.1, -0.05) is 0 Å². The van der Waals surface area contributed by atoms with Crippen LogP contribution in [0, 0.1) is 0 Å². The van der Waals surface area contributed by atoms with Crippen LogP contribution in [0.4, 0.5) is 14.5 Å². The highest BCUT2D eigenvalue weighted by molar-refractivity contribution is 5.99. The van der Waals surface area contributed by atoms with Crippen molar-refractivity contribution in [2.24, 2.45) is 7.05 Å². The Kier molecular flexibility index (Phi) is 5.12. The van der Waals surface area contributed by atoms with Crippen LogP contribution < -0.4 is 4.90 Å². The van der Waals surface area contributed by atoms with Gasteiger partial charge in [0.15, 0.2) is 0 Å². The lowest BCUT2D eigenvalue weighted by Gasteiger charge is -2.38. The van der Waals surface area contributed by atoms with Crippen molar-refractivity contribution in [3.8, 4) is 22.8 Å². The second kappa shape index (κ2) is 7.97. The summed E-state index contributed by atoms with van der Waals surface area (Å²) in [4.78, 5) is 6.99. The van der Waals surface area contributed by atoms with Crippen LogP contribution in [-0.2, 0) is 13.6 Å². The molecule has 168 valence electrons. The lowest BCUT2D eigenvalue weighted by molar-refractivity contribution is 0.123. The number of pyridine rings is 1. The first-order valence-electron chi connectivity index (χ1n) is 10.5. The van der Waals surface area contributed by atoms with Crippen LogP contribution in [-0.4, -0.2) is 65.0 Å². The number of fused-ring (bicyclic) bond motifs is 1. The molecule has 5 rings (SSSR count). The Hall–Kier alpha value is -3.34. The van der Waals surface area contributed by atoms with Crippen molar-refractivity contribution in [1.82, 2.24) is 34.7 Å². The number of aliphatic hydroxyl groups is 1. The molecule has 4 aromatic heterocycles. The minimum atomic E-state index is -2.57. The second-order valence-corrected chi connectivity index (χ2v) is 8.18. The predicted molar refractivity (Wildman–Crippen MR) is 115 cm³/mol. The summed E-state index contributed by atoms with van der Waals surface area (Å²) >= 11 is 0. The first-order valence-corrected chi connectivity index (χ1v) is 10.5. The second-order valence-electron chi connectivity index (χ2n) is 8.18. The average Bonchev–Trinajstić information content (AvgIpc) is 3.47. The van der Waals surface area contributed by atoms with Crippen LogP contribution in [0.1, 0.15) is 19.8 Å². The van der Waals surface area contributed by atoms with Gasteiger partial charge in [-0.25, -0.2) is 13.8 Å². The van der Waals surface area contributed by atoms with E-state index in [1.54, 1.807) is 23.1 Å². The Labute approximate surface area is 182 Å². The molecule has 1 aliphatic rings. The van der Waals surface area contributed by atoms with Crippen molar-refractivity contribution in [1.29, 1.82) is 0 Å². The Morgan fingerprint density at radius 3 is 2.78 bits per heavy atom. The van der Waals surface area contributed by atoms with E-state index >= 15 is 0 Å². The smallest absolute Gasteiger partial charge is 0.257 e. The standard InChI is InChI=1S/C21H24F2N8O/c1-12-9-13(32)5-8-30(12)17-10-15(16-4-7-25-29(16)2)26-20-19(14-3-6-24-27-14)28-31(21(17)20)11-18(22)23/h3-4,6-7,10,12-13,18,32H,5,8-9,11H2,1-2H3,(H,24,27)/t12-,13+/m1/s1. The number of aromatic nitrogens is 7. The molecule has 4 aromatic rings. The molecule has 0 bridgehead atoms. The van der Waals surface area contributed by atoms with E-state index in [1.807, 2.05) is 26.1 Å². The van der Waals surface area contributed by atoms with Crippen LogP contribution in [0.3, 0.4) is 0 Å². The van der Waals surface area contributed by atoms with Gasteiger partial charge in [-0.3, -0.25) is 14.5 Å². The van der Waals surface area contributed by atoms with Gasteiger partial charge in [-0.15, -0.1) is 0 Å². The first kappa shape index (κ1) is 20.6. The zero-order valence-electron chi connectivity index (χ0n) is 17.8. The molecule has 11 heteroatoms. The summed E-state index contributed by atoms with van der Waals surface area (Å²) in [5.41, 5.74) is 4.37. The third-order valence-corrected chi connectivity index (χ3v) is 5.98. The summed E-state index contributed by atoms with van der Waals surface area (Å²) in [5.74, 6) is 0. The number of piperidine rings is 1. The van der Waals surface area contributed by atoms with Crippen molar-refractivity contribution >= 4 is 16.7 Å². The van der Waals surface area contributed by atoms with Crippen molar-refractivity contribution in [2.75, 3.05) is 11.4 Å². The fraction of sp³-hybridized carbons (Fsp3) is 0.429. The van der Waals surface area contributed by atoms with Crippen molar-refractivity contribution in [3.63, 3.8) is 0 Å². The third-order valence-electron chi connectivity index (χ3n) is 5.98. The number of H-pyrrole nitrogens is 1. The Bertz CT molecular complexity index is 1230. The predicted octanol–water partition coefficient (Wildman–Crippen LogP) is 2.84. The van der Waals surface area contributed by atoms with Crippen molar-refractivity contribution < 1.29 is 13.9 Å². The number of hydrogen-bond acceptors (Lipinski definition) is 6. The molecule has 32 heavy (non-hydrogen) atoms. The number of rotatable bonds is 5. The molecule has 2 atom stereocenters. The molecule has 0 unspecified atom stereocenters. The summed E-state index contributed by atoms with van der Waals surface area (Å²) in [5, 5.41) is 25.8. The normalized spacial score (nSPS) is 19.4. The molecule has 0 saturated carbocycles. The van der Waals surface area contributed by atoms with E-state index in [4.69, 9.17) is 4.98 Å². The topological polar surface area (TPSA) is 101 Å². The molecule has 0 aromatic carbocycles. The molecule has 1 aliphatic heterocycles. The summed E-state index contributed by atoms with van der Waals surface area (Å²) in [6.45, 7) is 2.09. The molecule has 0 amide bonds. The zero-order valence-corrected chi connectivity index (χ0v) is 17.8. The summed E-state index contributed by atoms with van der Waals surface area (Å²) in [7, 11) is 1.83. The van der Waals surface area contributed by atoms with Crippen LogP contribution in [0.15, 0.2) is 30.6 Å². The highest BCUT2D eigenvalue weighted by Gasteiger charge is 2.30. The quantitative estimate of drug-likeness (QED) is 0.493. The fourth-order valence-electron chi connectivity index (χ4n) is 4.48. The number of aryl methyl sites for hydroxylation is 1. The van der Waals surface area contributed by atoms with Gasteiger partial charge in [0.1, 0.15) is 23.3 Å². The first-order chi connectivity index (χ1) is 15.4. The van der Waals surface area contributed by atoms with Crippen molar-refractivity contribution in [2.45, 2.75) is 44.9 Å². The van der Waals surface area contributed by atoms with E-state index in [0.29, 0.717) is 47.5 Å². The van der Waals surface area contributed by atoms with Crippen molar-refractivity contribution in [3.05, 3.63) is 30.6 Å². The number of anilines is 1. The van der Waals surface area contributed by atoms with E-state index in [9.17, 15) is 13.9 Å². The highest BCUT2D eigenvalue weighted by Crippen LogP contribution is 2.38. The summed E-state index contributed by atoms with van der Waals surface area (Å²) in [6, 6.07) is 5.54. The molecular formula is C21H24F2N8O. The Morgan fingerprint density at radius 1 is 1.28 bits per heavy atom. The van der Waals surface area contributed by atoms with E-state index < -0.39 is 13.0 Å². The molecular weight excluding hydrogens is 418 g/mol. The fourth-order valence-corrected chi connectivity index (χ4v) is 4.48. The van der Waals surface area contributed by atoms with E-state index in [2.05, 4.69) is 25.3 Å². The van der Waals surface area contributed by atoms with Gasteiger partial charge in [0.2, 0.25) is 0 Å². The number of halogens is 2. The molecule has 1 fully saturated rings. The third kappa shape index (κ3) is 3.52. The molecule has 5 heterocycles. The minimum absolute atomic E-state index is 0.0224. The van der Waals surface area contributed by atoms with E-state index in [0.717, 1.165) is 11.4 Å². The van der Waals surface area contributed by atoms with Gasteiger partial charge in [-0.05, 0) is 38.0 Å². The number of aliphatic hydroxyl groups excluding tert-OH is 1. The largest absolute Gasteiger partial charge is 0.393 e. The number of nitrogens with zero attached hydrogens (tertiary/aromatic N) is 7. The number of alkyl halides is 2. The Morgan fingerprint density at radius 2 is 2.12 bits per heavy atom. The summed E-state index contributed by atoms with van der Waals surface area (Å²) < 4.78 is 30.1. The number of hydrogen-bond donors (Lipinski definition) is 2. The SMILES string of the molecule is C[C@@H]1C[C@@H](O)CCN1c1cc(-c2ccnn2C)nc2c(-c3ccn[nH]3)nn(CC(F)F)c12. The van der Waals surface area contributed by atoms with E-state index in [-0.39, 0.29) is 12.1 Å².